The van der Waals surface area contributed by atoms with Crippen molar-refractivity contribution >= 4 is 11.9 Å². The van der Waals surface area contributed by atoms with Crippen molar-refractivity contribution in [1.29, 1.82) is 0 Å². The Morgan fingerprint density at radius 3 is 2.67 bits per heavy atom. The molecule has 7 heteroatoms. The Labute approximate surface area is 137 Å². The molecule has 2 aromatic rings. The van der Waals surface area contributed by atoms with E-state index in [-0.39, 0.29) is 37.1 Å². The van der Waals surface area contributed by atoms with E-state index in [0.29, 0.717) is 17.9 Å². The van der Waals surface area contributed by atoms with E-state index in [4.69, 9.17) is 14.3 Å². The van der Waals surface area contributed by atoms with E-state index in [9.17, 15) is 14.0 Å². The molecule has 1 atom stereocenters. The van der Waals surface area contributed by atoms with E-state index in [1.54, 1.807) is 24.3 Å². The number of furan rings is 1. The molecule has 1 unspecified atom stereocenters. The maximum atomic E-state index is 13.0. The van der Waals surface area contributed by atoms with Gasteiger partial charge < -0.3 is 19.2 Å². The van der Waals surface area contributed by atoms with Crippen LogP contribution in [-0.4, -0.2) is 47.7 Å². The monoisotopic (exact) mass is 333 g/mol. The first-order valence-electron chi connectivity index (χ1n) is 7.51. The summed E-state index contributed by atoms with van der Waals surface area (Å²) in [4.78, 5) is 24.8. The Hall–Kier alpha value is -2.67. The predicted octanol–water partition coefficient (Wildman–Crippen LogP) is 2.40. The number of rotatable bonds is 4. The number of carboxylic acid groups (broad SMARTS) is 1. The highest BCUT2D eigenvalue weighted by molar-refractivity contribution is 5.92. The third-order valence-corrected chi connectivity index (χ3v) is 3.77. The molecule has 0 spiro atoms. The van der Waals surface area contributed by atoms with Gasteiger partial charge in [-0.2, -0.15) is 0 Å². The summed E-state index contributed by atoms with van der Waals surface area (Å²) in [5, 5.41) is 8.83. The van der Waals surface area contributed by atoms with Crippen molar-refractivity contribution in [1.82, 2.24) is 4.90 Å². The molecule has 1 aromatic heterocycles. The lowest BCUT2D eigenvalue weighted by molar-refractivity contribution is -0.141. The molecule has 126 valence electrons. The van der Waals surface area contributed by atoms with Crippen molar-refractivity contribution in [3.63, 3.8) is 0 Å². The van der Waals surface area contributed by atoms with Crippen molar-refractivity contribution in [3.05, 3.63) is 48.0 Å². The second-order valence-electron chi connectivity index (χ2n) is 5.51. The van der Waals surface area contributed by atoms with Gasteiger partial charge in [-0.05, 0) is 36.4 Å². The van der Waals surface area contributed by atoms with E-state index in [1.165, 1.54) is 17.0 Å². The number of halogens is 1. The molecule has 0 radical (unpaired) electrons. The van der Waals surface area contributed by atoms with Crippen molar-refractivity contribution in [2.45, 2.75) is 12.5 Å². The van der Waals surface area contributed by atoms with Crippen LogP contribution in [-0.2, 0) is 9.53 Å². The number of hydrogen-bond donors (Lipinski definition) is 1. The summed E-state index contributed by atoms with van der Waals surface area (Å²) in [7, 11) is 0. The highest BCUT2D eigenvalue weighted by atomic mass is 19.1. The number of aliphatic carboxylic acids is 1. The largest absolute Gasteiger partial charge is 0.481 e. The van der Waals surface area contributed by atoms with E-state index in [0.717, 1.165) is 0 Å². The smallest absolute Gasteiger partial charge is 0.306 e. The van der Waals surface area contributed by atoms with Crippen LogP contribution in [0.3, 0.4) is 0 Å². The van der Waals surface area contributed by atoms with Gasteiger partial charge in [-0.25, -0.2) is 4.39 Å². The van der Waals surface area contributed by atoms with E-state index < -0.39 is 12.1 Å². The first kappa shape index (κ1) is 16.2. The summed E-state index contributed by atoms with van der Waals surface area (Å²) in [6, 6.07) is 8.98. The van der Waals surface area contributed by atoms with Crippen LogP contribution in [0.2, 0.25) is 0 Å². The number of amides is 1. The number of carboxylic acids is 1. The minimum absolute atomic E-state index is 0.150. The lowest BCUT2D eigenvalue weighted by atomic mass is 10.2. The van der Waals surface area contributed by atoms with E-state index >= 15 is 0 Å². The Morgan fingerprint density at radius 1 is 1.21 bits per heavy atom. The van der Waals surface area contributed by atoms with Gasteiger partial charge in [-0.3, -0.25) is 9.59 Å². The summed E-state index contributed by atoms with van der Waals surface area (Å²) in [6.07, 6.45) is -0.672. The Morgan fingerprint density at radius 2 is 1.96 bits per heavy atom. The molecule has 6 nitrogen and oxygen atoms in total. The molecule has 0 saturated carbocycles. The molecule has 1 aliphatic rings. The molecule has 1 N–H and O–H groups in total. The third-order valence-electron chi connectivity index (χ3n) is 3.77. The first-order chi connectivity index (χ1) is 11.5. The molecule has 1 aliphatic heterocycles. The SMILES string of the molecule is O=C(O)CC1CN(C(=O)c2ccc(-c3ccc(F)cc3)o2)CCO1. The molecule has 1 fully saturated rings. The van der Waals surface area contributed by atoms with Gasteiger partial charge in [0.15, 0.2) is 5.76 Å². The molecule has 1 amide bonds. The molecule has 1 aromatic carbocycles. The summed E-state index contributed by atoms with van der Waals surface area (Å²) in [5.41, 5.74) is 0.668. The zero-order valence-corrected chi connectivity index (χ0v) is 12.8. The maximum Gasteiger partial charge on any atom is 0.306 e. The number of carbonyl (C=O) groups excluding carboxylic acids is 1. The van der Waals surface area contributed by atoms with Crippen LogP contribution in [0.1, 0.15) is 17.0 Å². The number of ether oxygens (including phenoxy) is 1. The first-order valence-corrected chi connectivity index (χ1v) is 7.51. The van der Waals surface area contributed by atoms with Crippen LogP contribution >= 0.6 is 0 Å². The minimum atomic E-state index is -0.967. The zero-order valence-electron chi connectivity index (χ0n) is 12.8. The summed E-state index contributed by atoms with van der Waals surface area (Å²) >= 11 is 0. The number of morpholine rings is 1. The van der Waals surface area contributed by atoms with Gasteiger partial charge in [0.1, 0.15) is 11.6 Å². The molecule has 0 aliphatic carbocycles. The second kappa shape index (κ2) is 6.84. The van der Waals surface area contributed by atoms with Crippen LogP contribution in [0, 0.1) is 5.82 Å². The normalized spacial score (nSPS) is 17.7. The van der Waals surface area contributed by atoms with Gasteiger partial charge in [-0.15, -0.1) is 0 Å². The molecule has 3 rings (SSSR count). The molecule has 1 saturated heterocycles. The number of benzene rings is 1. The van der Waals surface area contributed by atoms with Gasteiger partial charge >= 0.3 is 5.97 Å². The van der Waals surface area contributed by atoms with E-state index in [1.807, 2.05) is 0 Å². The van der Waals surface area contributed by atoms with Crippen molar-refractivity contribution in [2.75, 3.05) is 19.7 Å². The van der Waals surface area contributed by atoms with Crippen LogP contribution in [0.5, 0.6) is 0 Å². The molecular weight excluding hydrogens is 317 g/mol. The van der Waals surface area contributed by atoms with Crippen molar-refractivity contribution < 1.29 is 28.2 Å². The quantitative estimate of drug-likeness (QED) is 0.929. The highest BCUT2D eigenvalue weighted by Gasteiger charge is 2.28. The molecule has 24 heavy (non-hydrogen) atoms. The predicted molar refractivity (Wildman–Crippen MR) is 82.0 cm³/mol. The number of carbonyl (C=O) groups is 2. The average Bonchev–Trinajstić information content (AvgIpc) is 3.04. The van der Waals surface area contributed by atoms with Crippen molar-refractivity contribution in [3.8, 4) is 11.3 Å². The molecular formula is C17H16FNO5. The fraction of sp³-hybridized carbons (Fsp3) is 0.294. The van der Waals surface area contributed by atoms with Gasteiger partial charge in [0.2, 0.25) is 0 Å². The van der Waals surface area contributed by atoms with Gasteiger partial charge in [0.05, 0.1) is 19.1 Å². The summed E-state index contributed by atoms with van der Waals surface area (Å²) < 4.78 is 23.9. The van der Waals surface area contributed by atoms with Crippen LogP contribution in [0.4, 0.5) is 4.39 Å². The maximum absolute atomic E-state index is 13.0. The minimum Gasteiger partial charge on any atom is -0.481 e. The van der Waals surface area contributed by atoms with Gasteiger partial charge in [0, 0.05) is 18.7 Å². The van der Waals surface area contributed by atoms with E-state index in [2.05, 4.69) is 0 Å². The van der Waals surface area contributed by atoms with Crippen LogP contribution in [0.15, 0.2) is 40.8 Å². The summed E-state index contributed by atoms with van der Waals surface area (Å²) in [5.74, 6) is -1.01. The van der Waals surface area contributed by atoms with Crippen molar-refractivity contribution in [2.24, 2.45) is 0 Å². The fourth-order valence-corrected chi connectivity index (χ4v) is 2.60. The Bertz CT molecular complexity index is 740. The number of nitrogens with zero attached hydrogens (tertiary/aromatic N) is 1. The Balaban J connectivity index is 1.71. The standard InChI is InChI=1S/C17H16FNO5/c18-12-3-1-11(2-4-12)14-5-6-15(24-14)17(22)19-7-8-23-13(10-19)9-16(20)21/h1-6,13H,7-10H2,(H,20,21). The molecule has 0 bridgehead atoms. The van der Waals surface area contributed by atoms with Gasteiger partial charge in [0.25, 0.3) is 5.91 Å². The van der Waals surface area contributed by atoms with Gasteiger partial charge in [-0.1, -0.05) is 0 Å². The summed E-state index contributed by atoms with van der Waals surface area (Å²) in [6.45, 7) is 0.870. The lowest BCUT2D eigenvalue weighted by Gasteiger charge is -2.31. The lowest BCUT2D eigenvalue weighted by Crippen LogP contribution is -2.46. The van der Waals surface area contributed by atoms with Crippen LogP contribution in [0.25, 0.3) is 11.3 Å². The number of hydrogen-bond acceptors (Lipinski definition) is 4. The zero-order chi connectivity index (χ0) is 17.1. The highest BCUT2D eigenvalue weighted by Crippen LogP contribution is 2.23. The third kappa shape index (κ3) is 3.62. The second-order valence-corrected chi connectivity index (χ2v) is 5.51. The van der Waals surface area contributed by atoms with Crippen LogP contribution < -0.4 is 0 Å². The fourth-order valence-electron chi connectivity index (χ4n) is 2.60. The average molecular weight is 333 g/mol. The molecule has 2 heterocycles. The topological polar surface area (TPSA) is 80.0 Å². The Kier molecular flexibility index (Phi) is 4.61.